The zero-order valence-corrected chi connectivity index (χ0v) is 12.9. The Hall–Kier alpha value is -0.950. The van der Waals surface area contributed by atoms with Gasteiger partial charge < -0.3 is 10.6 Å². The lowest BCUT2D eigenvalue weighted by atomic mass is 10.1. The number of benzene rings is 1. The Bertz CT molecular complexity index is 572. The van der Waals surface area contributed by atoms with E-state index in [1.165, 1.54) is 0 Å². The van der Waals surface area contributed by atoms with Gasteiger partial charge in [0.1, 0.15) is 0 Å². The van der Waals surface area contributed by atoms with Gasteiger partial charge in [-0.15, -0.1) is 0 Å². The summed E-state index contributed by atoms with van der Waals surface area (Å²) in [5.74, 6) is 0. The molecule has 2 rings (SSSR count). The molecule has 0 spiro atoms. The highest BCUT2D eigenvalue weighted by molar-refractivity contribution is 7.89. The molecule has 1 aliphatic heterocycles. The van der Waals surface area contributed by atoms with E-state index in [4.69, 9.17) is 5.73 Å². The number of hydrogen-bond acceptors (Lipinski definition) is 4. The Balaban J connectivity index is 2.14. The number of likely N-dealkylation sites (tertiary alicyclic amines) is 1. The molecule has 112 valence electrons. The Kier molecular flexibility index (Phi) is 4.80. The van der Waals surface area contributed by atoms with Gasteiger partial charge in [0, 0.05) is 19.1 Å². The summed E-state index contributed by atoms with van der Waals surface area (Å²) in [6.07, 6.45) is 2.17. The molecular weight excluding hydrogens is 274 g/mol. The van der Waals surface area contributed by atoms with Crippen LogP contribution in [0.4, 0.5) is 0 Å². The summed E-state index contributed by atoms with van der Waals surface area (Å²) in [5.41, 5.74) is 7.24. The van der Waals surface area contributed by atoms with E-state index in [0.717, 1.165) is 30.5 Å². The highest BCUT2D eigenvalue weighted by Crippen LogP contribution is 2.19. The van der Waals surface area contributed by atoms with E-state index < -0.39 is 10.0 Å². The van der Waals surface area contributed by atoms with E-state index in [0.29, 0.717) is 24.0 Å². The molecule has 0 radical (unpaired) electrons. The monoisotopic (exact) mass is 297 g/mol. The first kappa shape index (κ1) is 15.4. The van der Waals surface area contributed by atoms with Crippen molar-refractivity contribution in [3.05, 3.63) is 29.3 Å². The van der Waals surface area contributed by atoms with Gasteiger partial charge in [0.05, 0.1) is 4.90 Å². The zero-order chi connectivity index (χ0) is 14.8. The molecule has 6 heteroatoms. The SMILES string of the molecule is Cc1c(CN)cccc1S(=O)(=O)NCC1CCCN1C. The maximum Gasteiger partial charge on any atom is 0.240 e. The van der Waals surface area contributed by atoms with Crippen LogP contribution < -0.4 is 10.5 Å². The van der Waals surface area contributed by atoms with Crippen LogP contribution in [0.25, 0.3) is 0 Å². The van der Waals surface area contributed by atoms with Crippen LogP contribution in [-0.2, 0) is 16.6 Å². The van der Waals surface area contributed by atoms with Crippen LogP contribution in [0.5, 0.6) is 0 Å². The summed E-state index contributed by atoms with van der Waals surface area (Å²) in [6.45, 7) is 3.65. The highest BCUT2D eigenvalue weighted by Gasteiger charge is 2.24. The Morgan fingerprint density at radius 2 is 2.20 bits per heavy atom. The molecule has 0 bridgehead atoms. The highest BCUT2D eigenvalue weighted by atomic mass is 32.2. The smallest absolute Gasteiger partial charge is 0.240 e. The van der Waals surface area contributed by atoms with Crippen molar-refractivity contribution in [1.29, 1.82) is 0 Å². The average molecular weight is 297 g/mol. The van der Waals surface area contributed by atoms with Crippen LogP contribution in [-0.4, -0.2) is 39.5 Å². The maximum atomic E-state index is 12.4. The molecular formula is C14H23N3O2S. The number of likely N-dealkylation sites (N-methyl/N-ethyl adjacent to an activating group) is 1. The van der Waals surface area contributed by atoms with Crippen LogP contribution in [0.2, 0.25) is 0 Å². The third kappa shape index (κ3) is 3.20. The quantitative estimate of drug-likeness (QED) is 0.844. The molecule has 0 aromatic heterocycles. The fourth-order valence-corrected chi connectivity index (χ4v) is 4.05. The van der Waals surface area contributed by atoms with E-state index in [-0.39, 0.29) is 0 Å². The first-order valence-corrected chi connectivity index (χ1v) is 8.42. The Morgan fingerprint density at radius 1 is 1.45 bits per heavy atom. The number of rotatable bonds is 5. The second kappa shape index (κ2) is 6.22. The first-order valence-electron chi connectivity index (χ1n) is 6.94. The van der Waals surface area contributed by atoms with Crippen LogP contribution in [0.3, 0.4) is 0 Å². The minimum atomic E-state index is -3.47. The van der Waals surface area contributed by atoms with Gasteiger partial charge in [0.15, 0.2) is 0 Å². The number of nitrogens with one attached hydrogen (secondary N) is 1. The molecule has 1 heterocycles. The molecule has 5 nitrogen and oxygen atoms in total. The van der Waals surface area contributed by atoms with Crippen molar-refractivity contribution in [2.75, 3.05) is 20.1 Å². The van der Waals surface area contributed by atoms with Crippen LogP contribution >= 0.6 is 0 Å². The molecule has 1 saturated heterocycles. The summed E-state index contributed by atoms with van der Waals surface area (Å²) in [6, 6.07) is 5.53. The summed E-state index contributed by atoms with van der Waals surface area (Å²) < 4.78 is 27.6. The summed E-state index contributed by atoms with van der Waals surface area (Å²) in [4.78, 5) is 2.53. The van der Waals surface area contributed by atoms with Crippen molar-refractivity contribution in [3.63, 3.8) is 0 Å². The van der Waals surface area contributed by atoms with Crippen molar-refractivity contribution in [2.45, 2.75) is 37.2 Å². The number of hydrogen-bond donors (Lipinski definition) is 2. The minimum Gasteiger partial charge on any atom is -0.326 e. The van der Waals surface area contributed by atoms with Gasteiger partial charge in [-0.3, -0.25) is 0 Å². The molecule has 0 amide bonds. The molecule has 1 atom stereocenters. The lowest BCUT2D eigenvalue weighted by Crippen LogP contribution is -2.38. The van der Waals surface area contributed by atoms with E-state index in [9.17, 15) is 8.42 Å². The molecule has 20 heavy (non-hydrogen) atoms. The van der Waals surface area contributed by atoms with E-state index in [1.54, 1.807) is 19.1 Å². The van der Waals surface area contributed by atoms with Gasteiger partial charge in [-0.2, -0.15) is 0 Å². The van der Waals surface area contributed by atoms with Gasteiger partial charge in [0.2, 0.25) is 10.0 Å². The summed E-state index contributed by atoms with van der Waals surface area (Å²) >= 11 is 0. The maximum absolute atomic E-state index is 12.4. The fraction of sp³-hybridized carbons (Fsp3) is 0.571. The fourth-order valence-electron chi connectivity index (χ4n) is 2.69. The molecule has 1 fully saturated rings. The number of nitrogens with two attached hydrogens (primary N) is 1. The Morgan fingerprint density at radius 3 is 2.80 bits per heavy atom. The van der Waals surface area contributed by atoms with E-state index >= 15 is 0 Å². The minimum absolute atomic E-state index is 0.294. The molecule has 3 N–H and O–H groups in total. The van der Waals surface area contributed by atoms with Crippen LogP contribution in [0.1, 0.15) is 24.0 Å². The largest absolute Gasteiger partial charge is 0.326 e. The third-order valence-electron chi connectivity index (χ3n) is 4.09. The van der Waals surface area contributed by atoms with Crippen molar-refractivity contribution in [2.24, 2.45) is 5.73 Å². The molecule has 1 aromatic carbocycles. The van der Waals surface area contributed by atoms with Crippen molar-refractivity contribution in [3.8, 4) is 0 Å². The summed E-state index contributed by atoms with van der Waals surface area (Å²) in [5, 5.41) is 0. The zero-order valence-electron chi connectivity index (χ0n) is 12.1. The van der Waals surface area contributed by atoms with Gasteiger partial charge in [0.25, 0.3) is 0 Å². The molecule has 0 saturated carbocycles. The first-order chi connectivity index (χ1) is 9.45. The molecule has 1 aromatic rings. The van der Waals surface area contributed by atoms with Gasteiger partial charge in [-0.25, -0.2) is 13.1 Å². The second-order valence-corrected chi connectivity index (χ2v) is 7.11. The summed E-state index contributed by atoms with van der Waals surface area (Å²) in [7, 11) is -1.43. The predicted molar refractivity (Wildman–Crippen MR) is 79.9 cm³/mol. The van der Waals surface area contributed by atoms with E-state index in [1.807, 2.05) is 13.1 Å². The van der Waals surface area contributed by atoms with Gasteiger partial charge in [-0.1, -0.05) is 12.1 Å². The number of sulfonamides is 1. The van der Waals surface area contributed by atoms with Crippen molar-refractivity contribution < 1.29 is 8.42 Å². The van der Waals surface area contributed by atoms with Gasteiger partial charge >= 0.3 is 0 Å². The van der Waals surface area contributed by atoms with Crippen LogP contribution in [0.15, 0.2) is 23.1 Å². The lowest BCUT2D eigenvalue weighted by molar-refractivity contribution is 0.311. The average Bonchev–Trinajstić information content (AvgIpc) is 2.82. The lowest BCUT2D eigenvalue weighted by Gasteiger charge is -2.20. The third-order valence-corrected chi connectivity index (χ3v) is 5.65. The van der Waals surface area contributed by atoms with Gasteiger partial charge in [-0.05, 0) is 50.6 Å². The predicted octanol–water partition coefficient (Wildman–Crippen LogP) is 0.826. The van der Waals surface area contributed by atoms with E-state index in [2.05, 4.69) is 9.62 Å². The molecule has 0 aliphatic carbocycles. The number of nitrogens with zero attached hydrogens (tertiary/aromatic N) is 1. The Labute approximate surface area is 121 Å². The standard InChI is InChI=1S/C14H23N3O2S/c1-11-12(9-15)5-3-7-14(11)20(18,19)16-10-13-6-4-8-17(13)2/h3,5,7,13,16H,4,6,8-10,15H2,1-2H3. The normalized spacial score (nSPS) is 20.4. The van der Waals surface area contributed by atoms with Crippen molar-refractivity contribution >= 4 is 10.0 Å². The van der Waals surface area contributed by atoms with Crippen molar-refractivity contribution in [1.82, 2.24) is 9.62 Å². The second-order valence-electron chi connectivity index (χ2n) is 5.37. The van der Waals surface area contributed by atoms with Crippen LogP contribution in [0, 0.1) is 6.92 Å². The molecule has 1 aliphatic rings. The topological polar surface area (TPSA) is 75.4 Å². The molecule has 1 unspecified atom stereocenters.